The normalized spacial score (nSPS) is 13.1. The highest BCUT2D eigenvalue weighted by atomic mass is 35.5. The first kappa shape index (κ1) is 25.1. The summed E-state index contributed by atoms with van der Waals surface area (Å²) in [6.07, 6.45) is 0.189. The van der Waals surface area contributed by atoms with Crippen molar-refractivity contribution >= 4 is 22.4 Å². The highest BCUT2D eigenvalue weighted by Crippen LogP contribution is 2.35. The van der Waals surface area contributed by atoms with Crippen LogP contribution in [0.2, 0.25) is 5.02 Å². The molecule has 2 atom stereocenters. The molecule has 1 unspecified atom stereocenters. The molecule has 4 rings (SSSR count). The molecule has 0 aliphatic carbocycles. The Morgan fingerprint density at radius 3 is 2.29 bits per heavy atom. The van der Waals surface area contributed by atoms with Gasteiger partial charge < -0.3 is 14.6 Å². The molecule has 0 spiro atoms. The van der Waals surface area contributed by atoms with Crippen LogP contribution in [-0.4, -0.2) is 30.8 Å². The topological polar surface area (TPSA) is 41.9 Å². The van der Waals surface area contributed by atoms with Gasteiger partial charge in [-0.05, 0) is 64.2 Å². The van der Waals surface area contributed by atoms with Gasteiger partial charge in [0.25, 0.3) is 0 Å². The number of methoxy groups -OCH3 is 2. The van der Waals surface area contributed by atoms with E-state index in [9.17, 15) is 5.11 Å². The molecule has 0 bridgehead atoms. The molecule has 0 heterocycles. The van der Waals surface area contributed by atoms with Crippen LogP contribution in [0, 0.1) is 0 Å². The van der Waals surface area contributed by atoms with Crippen LogP contribution in [0.15, 0.2) is 84.9 Å². The molecule has 0 fully saturated rings. The third-order valence-corrected chi connectivity index (χ3v) is 6.70. The van der Waals surface area contributed by atoms with Crippen molar-refractivity contribution in [2.75, 3.05) is 20.8 Å². The molecule has 5 heteroatoms. The van der Waals surface area contributed by atoms with Crippen molar-refractivity contribution in [2.24, 2.45) is 0 Å². The van der Waals surface area contributed by atoms with Crippen LogP contribution < -0.4 is 9.47 Å². The summed E-state index contributed by atoms with van der Waals surface area (Å²) in [6.45, 7) is 3.32. The number of rotatable bonds is 10. The van der Waals surface area contributed by atoms with Gasteiger partial charge in [-0.15, -0.1) is 0 Å². The summed E-state index contributed by atoms with van der Waals surface area (Å²) >= 11 is 6.21. The third-order valence-electron chi connectivity index (χ3n) is 6.46. The second-order valence-corrected chi connectivity index (χ2v) is 9.16. The average Bonchev–Trinajstić information content (AvgIpc) is 2.88. The number of aliphatic hydroxyl groups is 1. The van der Waals surface area contributed by atoms with Crippen molar-refractivity contribution in [1.82, 2.24) is 4.90 Å². The van der Waals surface area contributed by atoms with Crippen molar-refractivity contribution in [3.05, 3.63) is 107 Å². The molecule has 182 valence electrons. The van der Waals surface area contributed by atoms with Crippen LogP contribution >= 0.6 is 11.6 Å². The quantitative estimate of drug-likeness (QED) is 0.256. The number of fused-ring (bicyclic) bond motifs is 1. The highest BCUT2D eigenvalue weighted by Gasteiger charge is 2.24. The van der Waals surface area contributed by atoms with Crippen molar-refractivity contribution in [3.63, 3.8) is 0 Å². The Bertz CT molecular complexity index is 1280. The summed E-state index contributed by atoms with van der Waals surface area (Å²) in [6, 6.07) is 28.5. The lowest BCUT2D eigenvalue weighted by molar-refractivity contribution is 0.0791. The van der Waals surface area contributed by atoms with Crippen LogP contribution in [0.25, 0.3) is 10.8 Å². The van der Waals surface area contributed by atoms with Crippen LogP contribution in [0.5, 0.6) is 11.5 Å². The Balaban J connectivity index is 1.69. The molecular formula is C30H32ClNO3. The smallest absolute Gasteiger partial charge is 0.161 e. The van der Waals surface area contributed by atoms with Gasteiger partial charge in [0, 0.05) is 24.2 Å². The summed E-state index contributed by atoms with van der Waals surface area (Å²) in [5.74, 6) is 1.40. The van der Waals surface area contributed by atoms with Crippen LogP contribution in [-0.2, 0) is 6.54 Å². The lowest BCUT2D eigenvalue weighted by Crippen LogP contribution is -2.32. The molecule has 0 saturated heterocycles. The molecule has 0 saturated carbocycles. The molecule has 4 aromatic rings. The van der Waals surface area contributed by atoms with Crippen molar-refractivity contribution < 1.29 is 14.6 Å². The van der Waals surface area contributed by atoms with E-state index in [1.807, 2.05) is 36.4 Å². The van der Waals surface area contributed by atoms with Gasteiger partial charge in [0.05, 0.1) is 20.3 Å². The lowest BCUT2D eigenvalue weighted by atomic mass is 9.99. The number of hydrogen-bond acceptors (Lipinski definition) is 4. The van der Waals surface area contributed by atoms with Gasteiger partial charge in [0.1, 0.15) is 0 Å². The molecule has 4 nitrogen and oxygen atoms in total. The Hall–Kier alpha value is -3.05. The maximum Gasteiger partial charge on any atom is 0.161 e. The van der Waals surface area contributed by atoms with E-state index in [1.165, 1.54) is 16.3 Å². The summed E-state index contributed by atoms with van der Waals surface area (Å²) in [5, 5.41) is 14.2. The van der Waals surface area contributed by atoms with E-state index in [0.29, 0.717) is 29.6 Å². The Kier molecular flexibility index (Phi) is 8.29. The molecule has 1 N–H and O–H groups in total. The number of aliphatic hydroxyl groups excluding tert-OH is 1. The molecule has 0 aliphatic heterocycles. The van der Waals surface area contributed by atoms with E-state index in [0.717, 1.165) is 17.5 Å². The van der Waals surface area contributed by atoms with Crippen molar-refractivity contribution in [3.8, 4) is 11.5 Å². The van der Waals surface area contributed by atoms with E-state index in [-0.39, 0.29) is 6.04 Å². The summed E-state index contributed by atoms with van der Waals surface area (Å²) in [4.78, 5) is 2.33. The zero-order chi connectivity index (χ0) is 24.8. The summed E-state index contributed by atoms with van der Waals surface area (Å²) < 4.78 is 11.0. The molecule has 0 aromatic heterocycles. The zero-order valence-electron chi connectivity index (χ0n) is 20.4. The van der Waals surface area contributed by atoms with Crippen LogP contribution in [0.1, 0.15) is 42.2 Å². The lowest BCUT2D eigenvalue weighted by Gasteiger charge is -2.33. The van der Waals surface area contributed by atoms with Gasteiger partial charge in [-0.3, -0.25) is 4.90 Å². The average molecular weight is 490 g/mol. The van der Waals surface area contributed by atoms with Gasteiger partial charge in [0.2, 0.25) is 0 Å². The molecule has 35 heavy (non-hydrogen) atoms. The fourth-order valence-electron chi connectivity index (χ4n) is 4.68. The second kappa shape index (κ2) is 11.6. The summed E-state index contributed by atoms with van der Waals surface area (Å²) in [7, 11) is 3.29. The first-order valence-electron chi connectivity index (χ1n) is 11.9. The predicted molar refractivity (Wildman–Crippen MR) is 143 cm³/mol. The van der Waals surface area contributed by atoms with Gasteiger partial charge in [-0.25, -0.2) is 0 Å². The number of benzene rings is 4. The molecule has 0 radical (unpaired) electrons. The second-order valence-electron chi connectivity index (χ2n) is 8.72. The Morgan fingerprint density at radius 1 is 0.800 bits per heavy atom. The monoisotopic (exact) mass is 489 g/mol. The van der Waals surface area contributed by atoms with Crippen LogP contribution in [0.3, 0.4) is 0 Å². The zero-order valence-corrected chi connectivity index (χ0v) is 21.2. The minimum absolute atomic E-state index is 0.0649. The van der Waals surface area contributed by atoms with Gasteiger partial charge in [0.15, 0.2) is 11.5 Å². The number of hydrogen-bond donors (Lipinski definition) is 1. The van der Waals surface area contributed by atoms with Crippen molar-refractivity contribution in [1.29, 1.82) is 0 Å². The molecule has 4 aromatic carbocycles. The standard InChI is InChI=1S/C30H32ClNO3/c1-4-27(24-14-15-29(34-2)30(18-24)35-3)32(20-28(33)25-10-7-11-26(31)17-25)19-21-12-13-22-8-5-6-9-23(22)16-21/h5-18,27-28,33H,4,19-20H2,1-3H3/t27-,28?/m1/s1. The van der Waals surface area contributed by atoms with Crippen LogP contribution in [0.4, 0.5) is 0 Å². The highest BCUT2D eigenvalue weighted by molar-refractivity contribution is 6.30. The number of nitrogens with zero attached hydrogens (tertiary/aromatic N) is 1. The minimum Gasteiger partial charge on any atom is -0.493 e. The number of halogens is 1. The summed E-state index contributed by atoms with van der Waals surface area (Å²) in [5.41, 5.74) is 3.12. The fourth-order valence-corrected chi connectivity index (χ4v) is 4.88. The van der Waals surface area contributed by atoms with E-state index in [1.54, 1.807) is 14.2 Å². The minimum atomic E-state index is -0.677. The van der Waals surface area contributed by atoms with E-state index >= 15 is 0 Å². The van der Waals surface area contributed by atoms with Crippen molar-refractivity contribution in [2.45, 2.75) is 32.0 Å². The number of ether oxygens (including phenoxy) is 2. The maximum absolute atomic E-state index is 11.2. The van der Waals surface area contributed by atoms with E-state index in [4.69, 9.17) is 21.1 Å². The van der Waals surface area contributed by atoms with Gasteiger partial charge >= 0.3 is 0 Å². The predicted octanol–water partition coefficient (Wildman–Crippen LogP) is 7.20. The molecule has 0 amide bonds. The first-order chi connectivity index (χ1) is 17.0. The third kappa shape index (κ3) is 5.96. The fraction of sp³-hybridized carbons (Fsp3) is 0.267. The molecular weight excluding hydrogens is 458 g/mol. The maximum atomic E-state index is 11.2. The van der Waals surface area contributed by atoms with E-state index < -0.39 is 6.10 Å². The molecule has 0 aliphatic rings. The van der Waals surface area contributed by atoms with Gasteiger partial charge in [-0.1, -0.05) is 73.1 Å². The SMILES string of the molecule is CC[C@H](c1ccc(OC)c(OC)c1)N(Cc1ccc2ccccc2c1)CC(O)c1cccc(Cl)c1. The largest absolute Gasteiger partial charge is 0.493 e. The Morgan fingerprint density at radius 2 is 1.57 bits per heavy atom. The van der Waals surface area contributed by atoms with E-state index in [2.05, 4.69) is 60.4 Å². The van der Waals surface area contributed by atoms with Gasteiger partial charge in [-0.2, -0.15) is 0 Å². The first-order valence-corrected chi connectivity index (χ1v) is 12.3. The Labute approximate surface area is 212 Å².